The number of alkyl halides is 2. The number of nitrogens with zero attached hydrogens (tertiary/aromatic N) is 3. The number of anilines is 1. The predicted molar refractivity (Wildman–Crippen MR) is 120 cm³/mol. The number of carbonyl (C=O) groups is 1. The second kappa shape index (κ2) is 11.3. The number of aryl methyl sites for hydroxylation is 1. The van der Waals surface area contributed by atoms with Crippen LogP contribution in [0.2, 0.25) is 0 Å². The summed E-state index contributed by atoms with van der Waals surface area (Å²) < 4.78 is 32.0. The van der Waals surface area contributed by atoms with Gasteiger partial charge in [-0.2, -0.15) is 8.78 Å². The molecule has 0 bridgehead atoms. The fraction of sp³-hybridized carbons (Fsp3) is 0.286. The first-order valence-corrected chi connectivity index (χ1v) is 11.3. The van der Waals surface area contributed by atoms with E-state index in [0.717, 1.165) is 17.0 Å². The van der Waals surface area contributed by atoms with Gasteiger partial charge in [0.2, 0.25) is 5.91 Å². The summed E-state index contributed by atoms with van der Waals surface area (Å²) in [6, 6.07) is 14.3. The molecule has 0 saturated carbocycles. The number of ether oxygens (including phenoxy) is 1. The molecule has 0 saturated heterocycles. The Morgan fingerprint density at radius 3 is 2.65 bits per heavy atom. The Kier molecular flexibility index (Phi) is 8.44. The lowest BCUT2D eigenvalue weighted by molar-refractivity contribution is -0.113. The molecule has 1 aromatic heterocycles. The molecule has 0 aliphatic rings. The third-order valence-corrected chi connectivity index (χ3v) is 5.90. The number of benzene rings is 2. The average Bonchev–Trinajstić information content (AvgIpc) is 3.14. The van der Waals surface area contributed by atoms with Crippen molar-refractivity contribution in [3.63, 3.8) is 0 Å². The van der Waals surface area contributed by atoms with Gasteiger partial charge in [0.25, 0.3) is 5.76 Å². The summed E-state index contributed by atoms with van der Waals surface area (Å²) >= 11 is 1.74. The molecule has 3 aromatic rings. The van der Waals surface area contributed by atoms with Crippen LogP contribution in [0.25, 0.3) is 11.4 Å². The van der Waals surface area contributed by atoms with Gasteiger partial charge >= 0.3 is 0 Å². The van der Waals surface area contributed by atoms with Crippen LogP contribution in [0.15, 0.2) is 58.6 Å². The minimum atomic E-state index is -2.48. The Hall–Kier alpha value is -2.43. The van der Waals surface area contributed by atoms with Gasteiger partial charge in [-0.3, -0.25) is 9.36 Å². The highest BCUT2D eigenvalue weighted by atomic mass is 32.2. The summed E-state index contributed by atoms with van der Waals surface area (Å²) in [5.74, 6) is -1.85. The van der Waals surface area contributed by atoms with Gasteiger partial charge in [-0.25, -0.2) is 0 Å². The van der Waals surface area contributed by atoms with Crippen molar-refractivity contribution in [2.45, 2.75) is 29.3 Å². The summed E-state index contributed by atoms with van der Waals surface area (Å²) in [6.07, 6.45) is 0. The van der Waals surface area contributed by atoms with Crippen LogP contribution in [-0.4, -0.2) is 45.9 Å². The van der Waals surface area contributed by atoms with Crippen molar-refractivity contribution in [3.8, 4) is 11.4 Å². The number of amides is 1. The number of halogens is 2. The molecule has 1 heterocycles. The standard InChI is InChI=1S/C21H22F2N4O2S2/c1-14-4-3-5-15(12-14)19-25-26-21(27(19)10-11-29-2)30-13-18(28)24-16-6-8-17(9-7-16)31-20(22)23/h3-9,12,20H,10-11,13H2,1-2H3,(H,24,28). The van der Waals surface area contributed by atoms with Gasteiger partial charge in [0, 0.05) is 23.3 Å². The van der Waals surface area contributed by atoms with E-state index in [1.807, 2.05) is 35.8 Å². The van der Waals surface area contributed by atoms with Gasteiger partial charge in [-0.15, -0.1) is 10.2 Å². The van der Waals surface area contributed by atoms with E-state index in [2.05, 4.69) is 15.5 Å². The van der Waals surface area contributed by atoms with Crippen molar-refractivity contribution in [2.75, 3.05) is 24.8 Å². The molecule has 31 heavy (non-hydrogen) atoms. The molecule has 10 heteroatoms. The van der Waals surface area contributed by atoms with E-state index in [1.165, 1.54) is 11.8 Å². The van der Waals surface area contributed by atoms with Crippen molar-refractivity contribution >= 4 is 35.1 Å². The maximum atomic E-state index is 12.4. The molecule has 0 aliphatic heterocycles. The van der Waals surface area contributed by atoms with Crippen LogP contribution in [0.5, 0.6) is 0 Å². The molecule has 0 unspecified atom stereocenters. The minimum absolute atomic E-state index is 0.131. The van der Waals surface area contributed by atoms with Crippen molar-refractivity contribution in [1.82, 2.24) is 14.8 Å². The molecular weight excluding hydrogens is 442 g/mol. The molecule has 0 aliphatic carbocycles. The zero-order valence-electron chi connectivity index (χ0n) is 17.0. The van der Waals surface area contributed by atoms with Crippen LogP contribution in [0, 0.1) is 6.92 Å². The fourth-order valence-electron chi connectivity index (χ4n) is 2.82. The highest BCUT2D eigenvalue weighted by Crippen LogP contribution is 2.27. The number of thioether (sulfide) groups is 2. The van der Waals surface area contributed by atoms with Crippen LogP contribution >= 0.6 is 23.5 Å². The highest BCUT2D eigenvalue weighted by Gasteiger charge is 2.16. The third-order valence-electron chi connectivity index (χ3n) is 4.21. The van der Waals surface area contributed by atoms with Crippen LogP contribution < -0.4 is 5.32 Å². The van der Waals surface area contributed by atoms with Crippen molar-refractivity contribution in [1.29, 1.82) is 0 Å². The SMILES string of the molecule is COCCn1c(SCC(=O)Nc2ccc(SC(F)F)cc2)nnc1-c1cccc(C)c1. The molecular formula is C21H22F2N4O2S2. The van der Waals surface area contributed by atoms with E-state index < -0.39 is 5.76 Å². The maximum absolute atomic E-state index is 12.4. The van der Waals surface area contributed by atoms with Gasteiger partial charge in [-0.1, -0.05) is 47.3 Å². The lowest BCUT2D eigenvalue weighted by Crippen LogP contribution is -2.15. The van der Waals surface area contributed by atoms with E-state index in [0.29, 0.717) is 40.7 Å². The zero-order valence-corrected chi connectivity index (χ0v) is 18.7. The molecule has 0 atom stereocenters. The Labute approximate surface area is 187 Å². The highest BCUT2D eigenvalue weighted by molar-refractivity contribution is 8.00. The van der Waals surface area contributed by atoms with Crippen molar-refractivity contribution in [2.24, 2.45) is 0 Å². The summed E-state index contributed by atoms with van der Waals surface area (Å²) in [5.41, 5.74) is 2.61. The van der Waals surface area contributed by atoms with Crippen LogP contribution in [0.1, 0.15) is 5.56 Å². The van der Waals surface area contributed by atoms with Gasteiger partial charge in [-0.05, 0) is 37.3 Å². The summed E-state index contributed by atoms with van der Waals surface area (Å²) in [5, 5.41) is 12.0. The smallest absolute Gasteiger partial charge is 0.288 e. The largest absolute Gasteiger partial charge is 0.383 e. The Morgan fingerprint density at radius 1 is 1.19 bits per heavy atom. The van der Waals surface area contributed by atoms with Crippen LogP contribution in [-0.2, 0) is 16.1 Å². The fourth-order valence-corrected chi connectivity index (χ4v) is 4.09. The van der Waals surface area contributed by atoms with Crippen molar-refractivity contribution in [3.05, 3.63) is 54.1 Å². The minimum Gasteiger partial charge on any atom is -0.383 e. The van der Waals surface area contributed by atoms with E-state index in [-0.39, 0.29) is 11.7 Å². The molecule has 1 amide bonds. The van der Waals surface area contributed by atoms with E-state index in [4.69, 9.17) is 4.74 Å². The number of aromatic nitrogens is 3. The number of carbonyl (C=O) groups excluding carboxylic acids is 1. The molecule has 0 radical (unpaired) electrons. The Bertz CT molecular complexity index is 1010. The number of hydrogen-bond donors (Lipinski definition) is 1. The van der Waals surface area contributed by atoms with E-state index in [1.54, 1.807) is 31.4 Å². The molecule has 1 N–H and O–H groups in total. The second-order valence-corrected chi connectivity index (χ2v) is 8.57. The third kappa shape index (κ3) is 6.78. The molecule has 6 nitrogen and oxygen atoms in total. The topological polar surface area (TPSA) is 69.0 Å². The normalized spacial score (nSPS) is 11.1. The van der Waals surface area contributed by atoms with Gasteiger partial charge in [0.05, 0.1) is 18.9 Å². The first kappa shape index (κ1) is 23.2. The zero-order chi connectivity index (χ0) is 22.2. The quantitative estimate of drug-likeness (QED) is 0.429. The monoisotopic (exact) mass is 464 g/mol. The Morgan fingerprint density at radius 2 is 1.97 bits per heavy atom. The molecule has 0 spiro atoms. The van der Waals surface area contributed by atoms with Crippen LogP contribution in [0.4, 0.5) is 14.5 Å². The predicted octanol–water partition coefficient (Wildman–Crippen LogP) is 4.95. The maximum Gasteiger partial charge on any atom is 0.288 e. The molecule has 0 fully saturated rings. The number of hydrogen-bond acceptors (Lipinski definition) is 6. The summed E-state index contributed by atoms with van der Waals surface area (Å²) in [6.45, 7) is 3.05. The van der Waals surface area contributed by atoms with E-state index >= 15 is 0 Å². The lowest BCUT2D eigenvalue weighted by atomic mass is 10.1. The van der Waals surface area contributed by atoms with E-state index in [9.17, 15) is 13.6 Å². The lowest BCUT2D eigenvalue weighted by Gasteiger charge is -2.10. The average molecular weight is 465 g/mol. The number of rotatable bonds is 10. The van der Waals surface area contributed by atoms with Gasteiger partial charge in [0.1, 0.15) is 0 Å². The first-order valence-electron chi connectivity index (χ1n) is 9.43. The molecule has 3 rings (SSSR count). The Balaban J connectivity index is 1.65. The van der Waals surface area contributed by atoms with Gasteiger partial charge < -0.3 is 10.1 Å². The molecule has 2 aromatic carbocycles. The van der Waals surface area contributed by atoms with Gasteiger partial charge in [0.15, 0.2) is 11.0 Å². The summed E-state index contributed by atoms with van der Waals surface area (Å²) in [7, 11) is 1.63. The summed E-state index contributed by atoms with van der Waals surface area (Å²) in [4.78, 5) is 12.8. The van der Waals surface area contributed by atoms with Crippen molar-refractivity contribution < 1.29 is 18.3 Å². The first-order chi connectivity index (χ1) is 15.0. The number of nitrogens with one attached hydrogen (secondary N) is 1. The molecule has 164 valence electrons. The number of methoxy groups -OCH3 is 1. The van der Waals surface area contributed by atoms with Crippen LogP contribution in [0.3, 0.4) is 0 Å². The second-order valence-electron chi connectivity index (χ2n) is 6.56.